The molecule has 0 aromatic carbocycles. The Kier molecular flexibility index (Phi) is 7.78. The molecule has 0 saturated heterocycles. The molecule has 1 nitrogen and oxygen atoms in total. The molecule has 4 aromatic heterocycles. The number of hydrogen-bond donors (Lipinski definition) is 0. The minimum atomic E-state index is 0.402. The van der Waals surface area contributed by atoms with Crippen LogP contribution >= 0.6 is 45.3 Å². The van der Waals surface area contributed by atoms with Crippen LogP contribution in [0.2, 0.25) is 0 Å². The van der Waals surface area contributed by atoms with Crippen LogP contribution in [0.1, 0.15) is 96.8 Å². The Morgan fingerprint density at radius 1 is 0.771 bits per heavy atom. The van der Waals surface area contributed by atoms with Crippen LogP contribution in [0.25, 0.3) is 29.3 Å². The lowest BCUT2D eigenvalue weighted by Crippen LogP contribution is -2.17. The summed E-state index contributed by atoms with van der Waals surface area (Å²) in [6.07, 6.45) is 8.85. The van der Waals surface area contributed by atoms with E-state index in [0.717, 1.165) is 11.2 Å². The van der Waals surface area contributed by atoms with Crippen molar-refractivity contribution in [3.8, 4) is 29.3 Å². The molecular formula is C30H34OS4. The molecule has 0 radical (unpaired) electrons. The largest absolute Gasteiger partial charge is 0.297 e. The summed E-state index contributed by atoms with van der Waals surface area (Å²) in [5.74, 6) is 1.42. The minimum absolute atomic E-state index is 0.402. The number of aryl methyl sites for hydroxylation is 1. The predicted octanol–water partition coefficient (Wildman–Crippen LogP) is 11.3. The van der Waals surface area contributed by atoms with Gasteiger partial charge in [0.2, 0.25) is 0 Å². The van der Waals surface area contributed by atoms with E-state index in [1.807, 2.05) is 34.0 Å². The maximum atomic E-state index is 11.7. The fourth-order valence-corrected chi connectivity index (χ4v) is 9.99. The molecular weight excluding hydrogens is 505 g/mol. The smallest absolute Gasteiger partial charge is 0.160 e. The van der Waals surface area contributed by atoms with E-state index in [0.29, 0.717) is 17.8 Å². The molecule has 0 fully saturated rings. The van der Waals surface area contributed by atoms with Gasteiger partial charge in [-0.25, -0.2) is 0 Å². The summed E-state index contributed by atoms with van der Waals surface area (Å²) in [4.78, 5) is 22.2. The normalized spacial score (nSPS) is 19.4. The highest BCUT2D eigenvalue weighted by Crippen LogP contribution is 2.53. The van der Waals surface area contributed by atoms with E-state index in [4.69, 9.17) is 0 Å². The first-order chi connectivity index (χ1) is 17.0. The summed E-state index contributed by atoms with van der Waals surface area (Å²) in [6.45, 7) is 9.34. The lowest BCUT2D eigenvalue weighted by atomic mass is 9.74. The molecule has 3 atom stereocenters. The van der Waals surface area contributed by atoms with Crippen molar-refractivity contribution >= 4 is 51.6 Å². The van der Waals surface area contributed by atoms with Gasteiger partial charge >= 0.3 is 0 Å². The van der Waals surface area contributed by atoms with E-state index in [-0.39, 0.29) is 0 Å². The van der Waals surface area contributed by atoms with Gasteiger partial charge in [0.05, 0.1) is 4.88 Å². The zero-order valence-electron chi connectivity index (χ0n) is 21.1. The van der Waals surface area contributed by atoms with Crippen LogP contribution in [0.15, 0.2) is 36.4 Å². The van der Waals surface area contributed by atoms with E-state index in [2.05, 4.69) is 64.1 Å². The topological polar surface area (TPSA) is 17.1 Å². The van der Waals surface area contributed by atoms with Crippen LogP contribution in [0, 0.1) is 12.8 Å². The van der Waals surface area contributed by atoms with Crippen LogP contribution in [-0.2, 0) is 0 Å². The van der Waals surface area contributed by atoms with Gasteiger partial charge in [0.1, 0.15) is 0 Å². The molecule has 0 saturated carbocycles. The molecule has 3 unspecified atom stereocenters. The van der Waals surface area contributed by atoms with Crippen molar-refractivity contribution < 1.29 is 4.79 Å². The van der Waals surface area contributed by atoms with Crippen LogP contribution < -0.4 is 0 Å². The minimum Gasteiger partial charge on any atom is -0.297 e. The van der Waals surface area contributed by atoms with Gasteiger partial charge in [-0.1, -0.05) is 52.9 Å². The van der Waals surface area contributed by atoms with Crippen molar-refractivity contribution in [2.75, 3.05) is 0 Å². The quantitative estimate of drug-likeness (QED) is 0.161. The number of carbonyl (C=O) groups is 1. The molecule has 5 rings (SSSR count). The average Bonchev–Trinajstić information content (AvgIpc) is 3.64. The number of carbonyl (C=O) groups excluding carboxylic acids is 1. The highest BCUT2D eigenvalue weighted by atomic mass is 32.1. The number of hydrogen-bond acceptors (Lipinski definition) is 5. The SMILES string of the molecule is CCCCCCCC1c2cc(-c3ccc(C)s3)sc2-c2ccc(s2)-c2sc(C=O)cc2C(C)C1C. The fraction of sp³-hybridized carbons (Fsp3) is 0.433. The third-order valence-corrected chi connectivity index (χ3v) is 12.5. The van der Waals surface area contributed by atoms with Crippen molar-refractivity contribution in [3.63, 3.8) is 0 Å². The van der Waals surface area contributed by atoms with Crippen LogP contribution in [0.3, 0.4) is 0 Å². The molecule has 2 bridgehead atoms. The van der Waals surface area contributed by atoms with Crippen molar-refractivity contribution in [3.05, 3.63) is 57.3 Å². The van der Waals surface area contributed by atoms with E-state index in [1.165, 1.54) is 78.2 Å². The second-order valence-corrected chi connectivity index (χ2v) is 14.5. The highest BCUT2D eigenvalue weighted by molar-refractivity contribution is 7.28. The number of fused-ring (bicyclic) bond motifs is 6. The first-order valence-corrected chi connectivity index (χ1v) is 16.2. The Labute approximate surface area is 225 Å². The average molecular weight is 539 g/mol. The van der Waals surface area contributed by atoms with Gasteiger partial charge in [-0.3, -0.25) is 4.79 Å². The standard InChI is InChI=1S/C30H34OS4/c1-5-6-7-8-9-10-22-19(3)20(4)23-15-21(17-31)33-29(23)26-13-14-27(34-26)30-24(22)16-28(35-30)25-12-11-18(2)32-25/h11-17,19-20,22H,5-10H2,1-4H3. The number of unbranched alkanes of at least 4 members (excludes halogenated alkanes) is 4. The molecule has 184 valence electrons. The summed E-state index contributed by atoms with van der Waals surface area (Å²) in [6, 6.07) is 13.8. The van der Waals surface area contributed by atoms with Crippen LogP contribution in [0.4, 0.5) is 0 Å². The Morgan fingerprint density at radius 3 is 2.17 bits per heavy atom. The maximum Gasteiger partial charge on any atom is 0.160 e. The number of aldehydes is 1. The van der Waals surface area contributed by atoms with Crippen molar-refractivity contribution in [1.82, 2.24) is 0 Å². The highest BCUT2D eigenvalue weighted by Gasteiger charge is 2.32. The Bertz CT molecular complexity index is 1300. The van der Waals surface area contributed by atoms with E-state index >= 15 is 0 Å². The number of thiophene rings is 4. The van der Waals surface area contributed by atoms with Gasteiger partial charge in [-0.05, 0) is 78.6 Å². The molecule has 4 aromatic rings. The van der Waals surface area contributed by atoms with Gasteiger partial charge in [0.15, 0.2) is 6.29 Å². The van der Waals surface area contributed by atoms with Gasteiger partial charge in [0, 0.05) is 34.1 Å². The van der Waals surface area contributed by atoms with Crippen molar-refractivity contribution in [2.24, 2.45) is 5.92 Å². The van der Waals surface area contributed by atoms with Crippen LogP contribution in [0.5, 0.6) is 0 Å². The summed E-state index contributed by atoms with van der Waals surface area (Å²) >= 11 is 7.46. The maximum absolute atomic E-state index is 11.7. The molecule has 5 heteroatoms. The Morgan fingerprint density at radius 2 is 1.49 bits per heavy atom. The summed E-state index contributed by atoms with van der Waals surface area (Å²) in [7, 11) is 0. The van der Waals surface area contributed by atoms with Gasteiger partial charge in [-0.2, -0.15) is 0 Å². The lowest BCUT2D eigenvalue weighted by Gasteiger charge is -2.30. The molecule has 0 spiro atoms. The molecule has 0 aliphatic carbocycles. The van der Waals surface area contributed by atoms with Gasteiger partial charge in [-0.15, -0.1) is 45.3 Å². The Hall–Kier alpha value is -1.53. The van der Waals surface area contributed by atoms with Gasteiger partial charge < -0.3 is 0 Å². The third-order valence-electron chi connectivity index (χ3n) is 7.63. The van der Waals surface area contributed by atoms with E-state index in [9.17, 15) is 4.79 Å². The van der Waals surface area contributed by atoms with E-state index < -0.39 is 0 Å². The van der Waals surface area contributed by atoms with E-state index in [1.54, 1.807) is 16.9 Å². The fourth-order valence-electron chi connectivity index (χ4n) is 5.46. The monoisotopic (exact) mass is 538 g/mol. The molecule has 1 aliphatic rings. The summed E-state index contributed by atoms with van der Waals surface area (Å²) < 4.78 is 0. The first-order valence-electron chi connectivity index (χ1n) is 12.9. The molecule has 1 aliphatic heterocycles. The summed E-state index contributed by atoms with van der Waals surface area (Å²) in [5.41, 5.74) is 2.91. The zero-order chi connectivity index (χ0) is 24.5. The van der Waals surface area contributed by atoms with Crippen LogP contribution in [-0.4, -0.2) is 6.29 Å². The van der Waals surface area contributed by atoms with Gasteiger partial charge in [0.25, 0.3) is 0 Å². The summed E-state index contributed by atoms with van der Waals surface area (Å²) in [5, 5.41) is 0. The molecule has 0 N–H and O–H groups in total. The lowest BCUT2D eigenvalue weighted by molar-refractivity contribution is 0.112. The third kappa shape index (κ3) is 5.02. The first kappa shape index (κ1) is 25.1. The Balaban J connectivity index is 1.62. The van der Waals surface area contributed by atoms with Crippen molar-refractivity contribution in [1.29, 1.82) is 0 Å². The number of rotatable bonds is 8. The second kappa shape index (κ2) is 10.8. The molecule has 35 heavy (non-hydrogen) atoms. The second-order valence-electron chi connectivity index (χ2n) is 9.98. The van der Waals surface area contributed by atoms with Crippen molar-refractivity contribution in [2.45, 2.75) is 78.1 Å². The molecule has 0 amide bonds. The zero-order valence-corrected chi connectivity index (χ0v) is 24.3. The predicted molar refractivity (Wildman–Crippen MR) is 158 cm³/mol. The molecule has 5 heterocycles.